The third kappa shape index (κ3) is 5.87. The van der Waals surface area contributed by atoms with Crippen LogP contribution in [0, 0.1) is 0 Å². The van der Waals surface area contributed by atoms with Crippen LogP contribution in [0.25, 0.3) is 0 Å². The number of hydrogen-bond acceptors (Lipinski definition) is 3. The molecule has 1 rings (SSSR count). The molecule has 1 aromatic carbocycles. The van der Waals surface area contributed by atoms with Crippen LogP contribution in [0.2, 0.25) is 5.02 Å². The van der Waals surface area contributed by atoms with E-state index >= 15 is 0 Å². The first-order valence-corrected chi connectivity index (χ1v) is 8.87. The molecule has 0 saturated heterocycles. The van der Waals surface area contributed by atoms with Gasteiger partial charge in [-0.25, -0.2) is 12.7 Å². The van der Waals surface area contributed by atoms with Gasteiger partial charge in [0.15, 0.2) is 0 Å². The summed E-state index contributed by atoms with van der Waals surface area (Å²) < 4.78 is 30.6. The van der Waals surface area contributed by atoms with E-state index in [1.807, 2.05) is 12.1 Å². The van der Waals surface area contributed by atoms with Gasteiger partial charge >= 0.3 is 0 Å². The predicted octanol–water partition coefficient (Wildman–Crippen LogP) is 3.00. The molecule has 0 aromatic heterocycles. The van der Waals surface area contributed by atoms with Gasteiger partial charge in [-0.3, -0.25) is 0 Å². The van der Waals surface area contributed by atoms with Gasteiger partial charge in [0.05, 0.1) is 10.8 Å². The molecule has 0 N–H and O–H groups in total. The van der Waals surface area contributed by atoms with E-state index in [2.05, 4.69) is 0 Å². The van der Waals surface area contributed by atoms with E-state index in [4.69, 9.17) is 27.9 Å². The van der Waals surface area contributed by atoms with Gasteiger partial charge in [0, 0.05) is 19.5 Å². The Bertz CT molecular complexity index is 508. The van der Waals surface area contributed by atoms with E-state index in [-0.39, 0.29) is 18.9 Å². The van der Waals surface area contributed by atoms with Gasteiger partial charge < -0.3 is 4.74 Å². The molecule has 7 heteroatoms. The first-order chi connectivity index (χ1) is 9.47. The zero-order valence-corrected chi connectivity index (χ0v) is 13.7. The summed E-state index contributed by atoms with van der Waals surface area (Å²) in [4.78, 5) is 0. The fourth-order valence-corrected chi connectivity index (χ4v) is 3.13. The van der Waals surface area contributed by atoms with Crippen LogP contribution >= 0.6 is 23.2 Å². The second kappa shape index (κ2) is 8.72. The minimum atomic E-state index is -3.24. The Morgan fingerprint density at radius 3 is 2.60 bits per heavy atom. The Balaban J connectivity index is 2.39. The van der Waals surface area contributed by atoms with Crippen LogP contribution in [0.1, 0.15) is 12.8 Å². The number of nitrogens with zero attached hydrogens (tertiary/aromatic N) is 1. The number of unbranched alkanes of at least 4 members (excludes halogenated alkanes) is 1. The zero-order chi connectivity index (χ0) is 15.0. The molecule has 0 spiro atoms. The number of para-hydroxylation sites is 1. The van der Waals surface area contributed by atoms with Gasteiger partial charge in [-0.1, -0.05) is 23.7 Å². The summed E-state index contributed by atoms with van der Waals surface area (Å²) in [7, 11) is -1.69. The number of benzene rings is 1. The lowest BCUT2D eigenvalue weighted by Crippen LogP contribution is -2.32. The number of likely N-dealkylation sites (N-methyl/N-ethyl adjacent to an activating group) is 1. The van der Waals surface area contributed by atoms with Crippen LogP contribution < -0.4 is 4.74 Å². The number of alkyl halides is 1. The van der Waals surface area contributed by atoms with E-state index in [1.54, 1.807) is 19.2 Å². The van der Waals surface area contributed by atoms with Crippen LogP contribution in [-0.4, -0.2) is 44.6 Å². The molecular formula is C13H19Cl2NO3S. The van der Waals surface area contributed by atoms with Crippen molar-refractivity contribution in [2.45, 2.75) is 12.8 Å². The molecule has 0 radical (unpaired) electrons. The van der Waals surface area contributed by atoms with Gasteiger partial charge in [-0.15, -0.1) is 11.6 Å². The Morgan fingerprint density at radius 2 is 1.95 bits per heavy atom. The normalized spacial score (nSPS) is 11.8. The fraction of sp³-hybridized carbons (Fsp3) is 0.538. The molecule has 4 nitrogen and oxygen atoms in total. The third-order valence-corrected chi connectivity index (χ3v) is 5.28. The van der Waals surface area contributed by atoms with Gasteiger partial charge in [0.2, 0.25) is 10.0 Å². The van der Waals surface area contributed by atoms with Crippen molar-refractivity contribution >= 4 is 33.2 Å². The van der Waals surface area contributed by atoms with Crippen LogP contribution in [0.5, 0.6) is 5.75 Å². The Kier molecular flexibility index (Phi) is 7.66. The van der Waals surface area contributed by atoms with E-state index in [1.165, 1.54) is 4.31 Å². The van der Waals surface area contributed by atoms with Crippen LogP contribution in [0.15, 0.2) is 24.3 Å². The molecule has 0 fully saturated rings. The molecule has 1 aromatic rings. The van der Waals surface area contributed by atoms with Crippen molar-refractivity contribution in [1.29, 1.82) is 0 Å². The average molecular weight is 340 g/mol. The summed E-state index contributed by atoms with van der Waals surface area (Å²) in [5.41, 5.74) is 0. The lowest BCUT2D eigenvalue weighted by molar-refractivity contribution is 0.287. The SMILES string of the molecule is CN(CCOc1ccccc1Cl)S(=O)(=O)CCCCCl. The van der Waals surface area contributed by atoms with Crippen molar-refractivity contribution in [3.8, 4) is 5.75 Å². The highest BCUT2D eigenvalue weighted by Gasteiger charge is 2.17. The third-order valence-electron chi connectivity index (χ3n) is 2.76. The summed E-state index contributed by atoms with van der Waals surface area (Å²) >= 11 is 11.5. The molecule has 20 heavy (non-hydrogen) atoms. The standard InChI is InChI=1S/C13H19Cl2NO3S/c1-16(20(17,18)11-5-4-8-14)9-10-19-13-7-3-2-6-12(13)15/h2-3,6-7H,4-5,8-11H2,1H3. The van der Waals surface area contributed by atoms with Crippen LogP contribution in [-0.2, 0) is 10.0 Å². The minimum Gasteiger partial charge on any atom is -0.491 e. The smallest absolute Gasteiger partial charge is 0.213 e. The van der Waals surface area contributed by atoms with E-state index < -0.39 is 10.0 Å². The van der Waals surface area contributed by atoms with Gasteiger partial charge in [0.25, 0.3) is 0 Å². The average Bonchev–Trinajstić information content (AvgIpc) is 2.41. The summed E-state index contributed by atoms with van der Waals surface area (Å²) in [5.74, 6) is 1.15. The monoisotopic (exact) mass is 339 g/mol. The molecule has 0 saturated carbocycles. The number of ether oxygens (including phenoxy) is 1. The number of sulfonamides is 1. The van der Waals surface area contributed by atoms with Crippen molar-refractivity contribution in [2.75, 3.05) is 31.8 Å². The first kappa shape index (κ1) is 17.6. The number of hydrogen-bond donors (Lipinski definition) is 0. The summed E-state index contributed by atoms with van der Waals surface area (Å²) in [6, 6.07) is 7.09. The molecule has 0 heterocycles. The largest absolute Gasteiger partial charge is 0.491 e. The van der Waals surface area contributed by atoms with Gasteiger partial charge in [-0.2, -0.15) is 0 Å². The molecule has 0 amide bonds. The maximum Gasteiger partial charge on any atom is 0.213 e. The summed E-state index contributed by atoms with van der Waals surface area (Å²) in [5, 5.41) is 0.514. The quantitative estimate of drug-likeness (QED) is 0.513. The molecular weight excluding hydrogens is 321 g/mol. The van der Waals surface area contributed by atoms with Crippen LogP contribution in [0.3, 0.4) is 0 Å². The lowest BCUT2D eigenvalue weighted by Gasteiger charge is -2.17. The molecule has 0 aliphatic heterocycles. The molecule has 0 aliphatic rings. The highest BCUT2D eigenvalue weighted by Crippen LogP contribution is 2.22. The van der Waals surface area contributed by atoms with E-state index in [9.17, 15) is 8.42 Å². The van der Waals surface area contributed by atoms with Crippen molar-refractivity contribution < 1.29 is 13.2 Å². The second-order valence-electron chi connectivity index (χ2n) is 4.31. The topological polar surface area (TPSA) is 46.6 Å². The van der Waals surface area contributed by atoms with Gasteiger partial charge in [0.1, 0.15) is 12.4 Å². The van der Waals surface area contributed by atoms with E-state index in [0.29, 0.717) is 29.5 Å². The minimum absolute atomic E-state index is 0.113. The maximum absolute atomic E-state index is 11.9. The Labute approximate surface area is 130 Å². The predicted molar refractivity (Wildman–Crippen MR) is 83.3 cm³/mol. The zero-order valence-electron chi connectivity index (χ0n) is 11.4. The van der Waals surface area contributed by atoms with Crippen molar-refractivity contribution in [2.24, 2.45) is 0 Å². The van der Waals surface area contributed by atoms with Crippen molar-refractivity contribution in [3.05, 3.63) is 29.3 Å². The van der Waals surface area contributed by atoms with E-state index in [0.717, 1.165) is 0 Å². The van der Waals surface area contributed by atoms with Crippen molar-refractivity contribution in [3.63, 3.8) is 0 Å². The molecule has 0 aliphatic carbocycles. The summed E-state index contributed by atoms with van der Waals surface area (Å²) in [6.07, 6.45) is 1.27. The fourth-order valence-electron chi connectivity index (χ4n) is 1.52. The maximum atomic E-state index is 11.9. The lowest BCUT2D eigenvalue weighted by atomic mass is 10.3. The Morgan fingerprint density at radius 1 is 1.25 bits per heavy atom. The number of halogens is 2. The summed E-state index contributed by atoms with van der Waals surface area (Å²) in [6.45, 7) is 0.545. The van der Waals surface area contributed by atoms with Crippen LogP contribution in [0.4, 0.5) is 0 Å². The number of rotatable bonds is 9. The second-order valence-corrected chi connectivity index (χ2v) is 7.29. The molecule has 0 unspecified atom stereocenters. The highest BCUT2D eigenvalue weighted by atomic mass is 35.5. The highest BCUT2D eigenvalue weighted by molar-refractivity contribution is 7.89. The first-order valence-electron chi connectivity index (χ1n) is 6.34. The Hall–Kier alpha value is -0.490. The van der Waals surface area contributed by atoms with Gasteiger partial charge in [-0.05, 0) is 25.0 Å². The molecule has 0 atom stereocenters. The van der Waals surface area contributed by atoms with Crippen molar-refractivity contribution in [1.82, 2.24) is 4.31 Å². The molecule has 0 bridgehead atoms. The molecule has 114 valence electrons.